The number of hydrogen-bond acceptors (Lipinski definition) is 9. The molecule has 0 saturated carbocycles. The van der Waals surface area contributed by atoms with E-state index in [-0.39, 0.29) is 66.9 Å². The number of anilines is 2. The summed E-state index contributed by atoms with van der Waals surface area (Å²) in [4.78, 5) is 52.8. The lowest BCUT2D eigenvalue weighted by atomic mass is 10.1. The summed E-state index contributed by atoms with van der Waals surface area (Å²) in [6, 6.07) is 4.83. The normalized spacial score (nSPS) is 15.4. The molecule has 0 aliphatic carbocycles. The van der Waals surface area contributed by atoms with E-state index in [4.69, 9.17) is 16.3 Å². The lowest BCUT2D eigenvalue weighted by Crippen LogP contribution is -2.51. The largest absolute Gasteiger partial charge is 0.505 e. The predicted molar refractivity (Wildman–Crippen MR) is 174 cm³/mol. The number of ether oxygens (including phenoxy) is 1. The van der Waals surface area contributed by atoms with Crippen LogP contribution >= 0.6 is 11.6 Å². The topological polar surface area (TPSA) is 147 Å². The number of carbonyl (C=O) groups excluding carboxylic acids is 2. The highest BCUT2D eigenvalue weighted by Gasteiger charge is 2.34. The molecule has 2 aliphatic heterocycles. The molecule has 3 aromatic heterocycles. The molecule has 2 aliphatic rings. The number of alkyl halides is 3. The van der Waals surface area contributed by atoms with Crippen molar-refractivity contribution in [3.63, 3.8) is 0 Å². The van der Waals surface area contributed by atoms with Gasteiger partial charge in [0.05, 0.1) is 29.5 Å². The molecule has 2 amide bonds. The van der Waals surface area contributed by atoms with Crippen molar-refractivity contribution in [2.45, 2.75) is 39.4 Å². The molecular weight excluding hydrogens is 669 g/mol. The second kappa shape index (κ2) is 13.5. The highest BCUT2D eigenvalue weighted by Crippen LogP contribution is 2.37. The first-order valence-corrected chi connectivity index (χ1v) is 15.9. The van der Waals surface area contributed by atoms with Crippen LogP contribution in [-0.4, -0.2) is 85.4 Å². The quantitative estimate of drug-likeness (QED) is 0.293. The lowest BCUT2D eigenvalue weighted by molar-refractivity contribution is -0.137. The first kappa shape index (κ1) is 33.9. The highest BCUT2D eigenvalue weighted by atomic mass is 35.5. The first-order chi connectivity index (χ1) is 23.4. The van der Waals surface area contributed by atoms with Crippen molar-refractivity contribution in [2.75, 3.05) is 49.6 Å². The van der Waals surface area contributed by atoms with Crippen molar-refractivity contribution in [1.29, 1.82) is 0 Å². The second-order valence-corrected chi connectivity index (χ2v) is 12.0. The fraction of sp³-hybridized carbons (Fsp3) is 0.375. The van der Waals surface area contributed by atoms with E-state index in [0.717, 1.165) is 22.2 Å². The van der Waals surface area contributed by atoms with E-state index in [0.29, 0.717) is 37.6 Å². The Hall–Kier alpha value is -4.96. The number of nitrogens with one attached hydrogen (secondary N) is 1. The van der Waals surface area contributed by atoms with Crippen LogP contribution in [0.2, 0.25) is 5.02 Å². The number of aromatic nitrogens is 5. The van der Waals surface area contributed by atoms with Gasteiger partial charge in [-0.2, -0.15) is 22.7 Å². The Labute approximate surface area is 282 Å². The van der Waals surface area contributed by atoms with Crippen molar-refractivity contribution in [2.24, 2.45) is 0 Å². The predicted octanol–water partition coefficient (Wildman–Crippen LogP) is 3.94. The molecule has 13 nitrogen and oxygen atoms in total. The van der Waals surface area contributed by atoms with Crippen LogP contribution in [0.5, 0.6) is 5.75 Å². The van der Waals surface area contributed by atoms with E-state index in [9.17, 15) is 32.7 Å². The number of rotatable bonds is 7. The number of hydrogen-bond donors (Lipinski definition) is 2. The third kappa shape index (κ3) is 6.70. The highest BCUT2D eigenvalue weighted by molar-refractivity contribution is 6.31. The van der Waals surface area contributed by atoms with Crippen LogP contribution in [0, 0.1) is 6.92 Å². The number of fused-ring (bicyclic) bond motifs is 1. The van der Waals surface area contributed by atoms with Crippen LogP contribution in [0.3, 0.4) is 0 Å². The van der Waals surface area contributed by atoms with Gasteiger partial charge >= 0.3 is 6.18 Å². The van der Waals surface area contributed by atoms with Crippen LogP contribution in [-0.2, 0) is 28.7 Å². The number of carbonyl (C=O) groups is 2. The maximum atomic E-state index is 14.1. The van der Waals surface area contributed by atoms with Crippen molar-refractivity contribution < 1.29 is 32.6 Å². The van der Waals surface area contributed by atoms with Crippen LogP contribution < -0.4 is 15.8 Å². The Kier molecular flexibility index (Phi) is 9.35. The summed E-state index contributed by atoms with van der Waals surface area (Å²) >= 11 is 5.94. The third-order valence-electron chi connectivity index (χ3n) is 8.48. The van der Waals surface area contributed by atoms with Crippen molar-refractivity contribution >= 4 is 46.1 Å². The molecule has 0 spiro atoms. The van der Waals surface area contributed by atoms with Gasteiger partial charge in [0.2, 0.25) is 11.7 Å². The number of benzene rings is 1. The van der Waals surface area contributed by atoms with Gasteiger partial charge in [0.25, 0.3) is 11.5 Å². The van der Waals surface area contributed by atoms with Gasteiger partial charge < -0.3 is 29.5 Å². The Balaban J connectivity index is 1.36. The van der Waals surface area contributed by atoms with Crippen LogP contribution in [0.15, 0.2) is 41.3 Å². The molecule has 0 atom stereocenters. The molecule has 0 bridgehead atoms. The molecule has 5 heterocycles. The number of aromatic hydroxyl groups is 1. The standard InChI is InChI=1S/C32H32ClF3N8O5/c1-3-23-27(41-9-11-42(12-10-41)29(47)26-24(45)5-4-8-37-26)30(48)44-31(39-28(40-44)19-6-13-49-14-7-19)43(23)17-25(46)38-22-16-21(33)20(15-18(22)2)32(34,35)36/h4-6,8,15-16,45H,3,7,9-14,17H2,1-2H3,(H,38,46). The Morgan fingerprint density at radius 1 is 1.16 bits per heavy atom. The lowest BCUT2D eigenvalue weighted by Gasteiger charge is -2.36. The van der Waals surface area contributed by atoms with Crippen LogP contribution in [0.25, 0.3) is 11.4 Å². The minimum Gasteiger partial charge on any atom is -0.505 e. The molecule has 1 aromatic carbocycles. The fourth-order valence-electron chi connectivity index (χ4n) is 6.01. The summed E-state index contributed by atoms with van der Waals surface area (Å²) in [6.45, 7) is 4.67. The Bertz CT molecular complexity index is 2040. The zero-order valence-corrected chi connectivity index (χ0v) is 27.3. The summed E-state index contributed by atoms with van der Waals surface area (Å²) in [5.74, 6) is -0.840. The first-order valence-electron chi connectivity index (χ1n) is 15.5. The Morgan fingerprint density at radius 2 is 1.92 bits per heavy atom. The molecule has 0 radical (unpaired) electrons. The number of pyridine rings is 1. The average Bonchev–Trinajstić information content (AvgIpc) is 3.53. The van der Waals surface area contributed by atoms with Crippen LogP contribution in [0.1, 0.15) is 46.5 Å². The van der Waals surface area contributed by atoms with E-state index in [1.165, 1.54) is 30.2 Å². The summed E-state index contributed by atoms with van der Waals surface area (Å²) in [7, 11) is 0. The van der Waals surface area contributed by atoms with E-state index in [1.807, 2.05) is 17.9 Å². The molecule has 4 aromatic rings. The molecule has 0 unspecified atom stereocenters. The zero-order valence-electron chi connectivity index (χ0n) is 26.6. The van der Waals surface area contributed by atoms with E-state index in [1.54, 1.807) is 4.57 Å². The summed E-state index contributed by atoms with van der Waals surface area (Å²) in [5.41, 5.74) is 0.275. The smallest absolute Gasteiger partial charge is 0.417 e. The molecule has 17 heteroatoms. The van der Waals surface area contributed by atoms with E-state index in [2.05, 4.69) is 20.4 Å². The monoisotopic (exact) mass is 700 g/mol. The third-order valence-corrected chi connectivity index (χ3v) is 8.79. The summed E-state index contributed by atoms with van der Waals surface area (Å²) in [6.07, 6.45) is -0.592. The SMILES string of the molecule is CCc1c(N2CCN(C(=O)c3ncccc3O)CC2)c(=O)n2nc(C3=CCOCC3)nc2n1CC(=O)Nc1cc(Cl)c(C(F)(F)F)cc1C. The fourth-order valence-corrected chi connectivity index (χ4v) is 6.28. The van der Waals surface area contributed by atoms with Gasteiger partial charge in [-0.3, -0.25) is 14.4 Å². The van der Waals surface area contributed by atoms with Crippen molar-refractivity contribution in [3.8, 4) is 5.75 Å². The number of aryl methyl sites for hydroxylation is 1. The average molecular weight is 701 g/mol. The van der Waals surface area contributed by atoms with Gasteiger partial charge in [-0.05, 0) is 55.2 Å². The number of amides is 2. The number of halogens is 4. The second-order valence-electron chi connectivity index (χ2n) is 11.6. The van der Waals surface area contributed by atoms with Crippen molar-refractivity contribution in [3.05, 3.63) is 80.3 Å². The molecule has 6 rings (SSSR count). The molecule has 2 N–H and O–H groups in total. The molecular formula is C32H32ClF3N8O5. The molecule has 49 heavy (non-hydrogen) atoms. The zero-order chi connectivity index (χ0) is 35.0. The van der Waals surface area contributed by atoms with Crippen LogP contribution in [0.4, 0.5) is 24.5 Å². The maximum absolute atomic E-state index is 14.1. The van der Waals surface area contributed by atoms with Crippen molar-refractivity contribution in [1.82, 2.24) is 29.0 Å². The van der Waals surface area contributed by atoms with Gasteiger partial charge in [0.1, 0.15) is 18.0 Å². The number of piperazine rings is 1. The van der Waals surface area contributed by atoms with E-state index >= 15 is 0 Å². The van der Waals surface area contributed by atoms with Gasteiger partial charge in [-0.15, -0.1) is 5.10 Å². The van der Waals surface area contributed by atoms with Gasteiger partial charge in [-0.25, -0.2) is 4.98 Å². The Morgan fingerprint density at radius 3 is 2.57 bits per heavy atom. The minimum absolute atomic E-state index is 0.0675. The van der Waals surface area contributed by atoms with Gasteiger partial charge in [-0.1, -0.05) is 24.6 Å². The number of nitrogens with zero attached hydrogens (tertiary/aromatic N) is 7. The summed E-state index contributed by atoms with van der Waals surface area (Å²) < 4.78 is 48.3. The summed E-state index contributed by atoms with van der Waals surface area (Å²) in [5, 5.41) is 16.8. The van der Waals surface area contributed by atoms with Gasteiger partial charge in [0, 0.05) is 38.1 Å². The maximum Gasteiger partial charge on any atom is 0.417 e. The molecule has 258 valence electrons. The molecule has 1 saturated heterocycles. The minimum atomic E-state index is -4.66. The van der Waals surface area contributed by atoms with Gasteiger partial charge in [0.15, 0.2) is 11.5 Å². The van der Waals surface area contributed by atoms with E-state index < -0.39 is 34.1 Å². The molecule has 1 fully saturated rings.